The molecule has 0 saturated heterocycles. The third-order valence-corrected chi connectivity index (χ3v) is 2.85. The number of aldehydes is 1. The van der Waals surface area contributed by atoms with Gasteiger partial charge in [-0.2, -0.15) is 5.10 Å². The monoisotopic (exact) mass is 238 g/mol. The van der Waals surface area contributed by atoms with Crippen molar-refractivity contribution >= 4 is 33.1 Å². The van der Waals surface area contributed by atoms with Gasteiger partial charge in [-0.05, 0) is 28.9 Å². The molecule has 4 heteroatoms. The maximum atomic E-state index is 10.6. The normalized spacial score (nSPS) is 10.6. The first-order chi connectivity index (χ1) is 6.24. The van der Waals surface area contributed by atoms with Gasteiger partial charge in [0.1, 0.15) is 5.52 Å². The van der Waals surface area contributed by atoms with Gasteiger partial charge in [0.2, 0.25) is 0 Å². The average molecular weight is 239 g/mol. The number of hydrogen-bond acceptors (Lipinski definition) is 2. The molecule has 0 atom stereocenters. The molecule has 0 bridgehead atoms. The molecule has 3 nitrogen and oxygen atoms in total. The number of aryl methyl sites for hydroxylation is 1. The highest BCUT2D eigenvalue weighted by Crippen LogP contribution is 2.26. The first-order valence-electron chi connectivity index (χ1n) is 3.82. The van der Waals surface area contributed by atoms with Crippen LogP contribution >= 0.6 is 15.9 Å². The van der Waals surface area contributed by atoms with E-state index in [2.05, 4.69) is 26.1 Å². The third-order valence-electron chi connectivity index (χ3n) is 2.01. The number of hydrogen-bond donors (Lipinski definition) is 1. The number of aromatic amines is 1. The Morgan fingerprint density at radius 1 is 1.54 bits per heavy atom. The molecular formula is C9H7BrN2O. The van der Waals surface area contributed by atoms with Gasteiger partial charge in [0.15, 0.2) is 6.29 Å². The van der Waals surface area contributed by atoms with Crippen molar-refractivity contribution in [2.75, 3.05) is 0 Å². The highest BCUT2D eigenvalue weighted by atomic mass is 79.9. The van der Waals surface area contributed by atoms with Crippen LogP contribution in [0, 0.1) is 6.92 Å². The summed E-state index contributed by atoms with van der Waals surface area (Å²) in [6.07, 6.45) is 0.813. The van der Waals surface area contributed by atoms with E-state index in [1.165, 1.54) is 0 Å². The molecular weight excluding hydrogens is 232 g/mol. The van der Waals surface area contributed by atoms with Crippen LogP contribution in [0.5, 0.6) is 0 Å². The number of aromatic nitrogens is 2. The Labute approximate surface area is 83.3 Å². The van der Waals surface area contributed by atoms with Gasteiger partial charge in [0, 0.05) is 16.6 Å². The molecule has 0 spiro atoms. The summed E-state index contributed by atoms with van der Waals surface area (Å²) in [5.74, 6) is 0. The lowest BCUT2D eigenvalue weighted by Crippen LogP contribution is -1.83. The number of benzene rings is 1. The number of nitrogens with zero attached hydrogens (tertiary/aromatic N) is 1. The van der Waals surface area contributed by atoms with Crippen molar-refractivity contribution in [1.29, 1.82) is 0 Å². The molecule has 0 fully saturated rings. The van der Waals surface area contributed by atoms with Crippen molar-refractivity contribution in [1.82, 2.24) is 10.2 Å². The lowest BCUT2D eigenvalue weighted by molar-refractivity contribution is 0.112. The molecule has 0 aliphatic heterocycles. The minimum Gasteiger partial charge on any atom is -0.298 e. The first kappa shape index (κ1) is 8.44. The quantitative estimate of drug-likeness (QED) is 0.777. The molecule has 0 amide bonds. The Morgan fingerprint density at radius 2 is 2.31 bits per heavy atom. The van der Waals surface area contributed by atoms with Crippen molar-refractivity contribution in [3.63, 3.8) is 0 Å². The second-order valence-corrected chi connectivity index (χ2v) is 3.62. The number of halogens is 1. The molecule has 0 radical (unpaired) electrons. The zero-order valence-corrected chi connectivity index (χ0v) is 8.55. The molecule has 0 aliphatic rings. The third kappa shape index (κ3) is 1.18. The number of rotatable bonds is 1. The first-order valence-corrected chi connectivity index (χ1v) is 4.61. The summed E-state index contributed by atoms with van der Waals surface area (Å²) in [5, 5.41) is 8.01. The zero-order chi connectivity index (χ0) is 9.42. The van der Waals surface area contributed by atoms with E-state index in [1.807, 2.05) is 13.0 Å². The predicted octanol–water partition coefficient (Wildman–Crippen LogP) is 2.45. The largest absolute Gasteiger partial charge is 0.298 e. The molecule has 1 aromatic carbocycles. The summed E-state index contributed by atoms with van der Waals surface area (Å²) < 4.78 is 0.754. The predicted molar refractivity (Wildman–Crippen MR) is 53.9 cm³/mol. The van der Waals surface area contributed by atoms with Crippen LogP contribution in [0.2, 0.25) is 0 Å². The maximum Gasteiger partial charge on any atom is 0.151 e. The molecule has 1 heterocycles. The van der Waals surface area contributed by atoms with E-state index in [-0.39, 0.29) is 0 Å². The lowest BCUT2D eigenvalue weighted by Gasteiger charge is -1.96. The Hall–Kier alpha value is -1.16. The van der Waals surface area contributed by atoms with Crippen LogP contribution in [-0.4, -0.2) is 16.5 Å². The van der Waals surface area contributed by atoms with E-state index in [0.29, 0.717) is 5.56 Å². The van der Waals surface area contributed by atoms with Crippen molar-refractivity contribution in [2.45, 2.75) is 6.92 Å². The van der Waals surface area contributed by atoms with Gasteiger partial charge in [0.25, 0.3) is 0 Å². The fourth-order valence-corrected chi connectivity index (χ4v) is 1.81. The minimum atomic E-state index is 0.624. The fourth-order valence-electron chi connectivity index (χ4n) is 1.28. The summed E-state index contributed by atoms with van der Waals surface area (Å²) in [4.78, 5) is 10.6. The Kier molecular flexibility index (Phi) is 1.92. The van der Waals surface area contributed by atoms with Gasteiger partial charge in [-0.15, -0.1) is 0 Å². The molecule has 13 heavy (non-hydrogen) atoms. The van der Waals surface area contributed by atoms with Gasteiger partial charge in [-0.25, -0.2) is 0 Å². The van der Waals surface area contributed by atoms with Gasteiger partial charge in [-0.3, -0.25) is 9.89 Å². The number of fused-ring (bicyclic) bond motifs is 1. The number of carbonyl (C=O) groups is 1. The maximum absolute atomic E-state index is 10.6. The highest BCUT2D eigenvalue weighted by Gasteiger charge is 2.08. The summed E-state index contributed by atoms with van der Waals surface area (Å²) in [6.45, 7) is 1.95. The van der Waals surface area contributed by atoms with Crippen molar-refractivity contribution in [3.8, 4) is 0 Å². The van der Waals surface area contributed by atoms with E-state index in [1.54, 1.807) is 6.07 Å². The van der Waals surface area contributed by atoms with Crippen molar-refractivity contribution < 1.29 is 4.79 Å². The van der Waals surface area contributed by atoms with Crippen molar-refractivity contribution in [2.24, 2.45) is 0 Å². The number of nitrogens with one attached hydrogen (secondary N) is 1. The standard InChI is InChI=1S/C9H7BrN2O/c1-5-7-3-2-6(4-13)8(10)9(7)12-11-5/h2-4H,1H3,(H,11,12). The van der Waals surface area contributed by atoms with Crippen LogP contribution in [0.3, 0.4) is 0 Å². The van der Waals surface area contributed by atoms with E-state index in [0.717, 1.165) is 27.4 Å². The Bertz CT molecular complexity index is 476. The second kappa shape index (κ2) is 2.96. The van der Waals surface area contributed by atoms with E-state index in [9.17, 15) is 4.79 Å². The second-order valence-electron chi connectivity index (χ2n) is 2.83. The molecule has 1 aromatic heterocycles. The Balaban J connectivity index is 2.87. The van der Waals surface area contributed by atoms with Crippen molar-refractivity contribution in [3.05, 3.63) is 27.9 Å². The molecule has 2 rings (SSSR count). The molecule has 0 saturated carbocycles. The Morgan fingerprint density at radius 3 is 3.00 bits per heavy atom. The summed E-state index contributed by atoms with van der Waals surface area (Å²) >= 11 is 3.34. The molecule has 66 valence electrons. The van der Waals surface area contributed by atoms with Crippen LogP contribution in [-0.2, 0) is 0 Å². The topological polar surface area (TPSA) is 45.8 Å². The highest BCUT2D eigenvalue weighted by molar-refractivity contribution is 9.10. The zero-order valence-electron chi connectivity index (χ0n) is 6.97. The summed E-state index contributed by atoms with van der Waals surface area (Å²) in [6, 6.07) is 3.67. The lowest BCUT2D eigenvalue weighted by atomic mass is 10.1. The smallest absolute Gasteiger partial charge is 0.151 e. The molecule has 2 aromatic rings. The minimum absolute atomic E-state index is 0.624. The van der Waals surface area contributed by atoms with Gasteiger partial charge in [-0.1, -0.05) is 6.07 Å². The summed E-state index contributed by atoms with van der Waals surface area (Å²) in [7, 11) is 0. The van der Waals surface area contributed by atoms with Crippen LogP contribution in [0.1, 0.15) is 16.1 Å². The fraction of sp³-hybridized carbons (Fsp3) is 0.111. The van der Waals surface area contributed by atoms with Crippen LogP contribution < -0.4 is 0 Å². The van der Waals surface area contributed by atoms with E-state index < -0.39 is 0 Å². The molecule has 0 unspecified atom stereocenters. The average Bonchev–Trinajstić information content (AvgIpc) is 2.50. The van der Waals surface area contributed by atoms with E-state index in [4.69, 9.17) is 0 Å². The van der Waals surface area contributed by atoms with E-state index >= 15 is 0 Å². The van der Waals surface area contributed by atoms with Crippen LogP contribution in [0.4, 0.5) is 0 Å². The van der Waals surface area contributed by atoms with Gasteiger partial charge in [0.05, 0.1) is 4.47 Å². The number of H-pyrrole nitrogens is 1. The molecule has 1 N–H and O–H groups in total. The summed E-state index contributed by atoms with van der Waals surface area (Å²) in [5.41, 5.74) is 2.44. The van der Waals surface area contributed by atoms with Gasteiger partial charge >= 0.3 is 0 Å². The van der Waals surface area contributed by atoms with Crippen LogP contribution in [0.25, 0.3) is 10.9 Å². The van der Waals surface area contributed by atoms with Gasteiger partial charge < -0.3 is 0 Å². The van der Waals surface area contributed by atoms with Crippen LogP contribution in [0.15, 0.2) is 16.6 Å². The SMILES string of the molecule is Cc1[nH]nc2c(Br)c(C=O)ccc12. The molecule has 0 aliphatic carbocycles. The number of carbonyl (C=O) groups excluding carboxylic acids is 1.